The number of aryl methyl sites for hydroxylation is 2. The predicted octanol–water partition coefficient (Wildman–Crippen LogP) is 4.43. The maximum atomic E-state index is 12.2. The Kier molecular flexibility index (Phi) is 7.08. The molecule has 2 atom stereocenters. The number of carboxylic acid groups (broad SMARTS) is 1. The molecule has 0 fully saturated rings. The van der Waals surface area contributed by atoms with E-state index in [1.807, 2.05) is 74.5 Å². The molecule has 0 aromatic heterocycles. The van der Waals surface area contributed by atoms with Crippen LogP contribution in [0.3, 0.4) is 0 Å². The smallest absolute Gasteiger partial charge is 0.346 e. The molecule has 0 bridgehead atoms. The van der Waals surface area contributed by atoms with E-state index in [0.717, 1.165) is 27.8 Å². The molecule has 3 aromatic carbocycles. The van der Waals surface area contributed by atoms with Crippen LogP contribution in [0.4, 0.5) is 0 Å². The standard InChI is InChI=1S/C24H26NO5P/c1-16-12-17(2)14-21(13-16)23(31(28,29)30)25-22(24(26)27)15-18-8-10-20(11-9-18)19-6-4-3-5-7-19/h3-14,22-23,25H,15H2,1-2H3,(H,26,27)(H2,28,29,30)/t22-,23?/m0/s1. The van der Waals surface area contributed by atoms with Gasteiger partial charge in [0.1, 0.15) is 11.8 Å². The number of aliphatic carboxylic acids is 1. The highest BCUT2D eigenvalue weighted by Gasteiger charge is 2.34. The summed E-state index contributed by atoms with van der Waals surface area (Å²) in [7, 11) is -4.66. The van der Waals surface area contributed by atoms with Gasteiger partial charge in [0.25, 0.3) is 0 Å². The fourth-order valence-corrected chi connectivity index (χ4v) is 4.57. The van der Waals surface area contributed by atoms with Gasteiger partial charge in [-0.2, -0.15) is 0 Å². The third-order valence-electron chi connectivity index (χ3n) is 5.05. The summed E-state index contributed by atoms with van der Waals surface area (Å²) in [6, 6.07) is 21.4. The Morgan fingerprint density at radius 3 is 1.97 bits per heavy atom. The lowest BCUT2D eigenvalue weighted by molar-refractivity contribution is -0.139. The number of hydrogen-bond acceptors (Lipinski definition) is 3. The highest BCUT2D eigenvalue weighted by Crippen LogP contribution is 2.50. The maximum absolute atomic E-state index is 12.2. The first-order valence-corrected chi connectivity index (χ1v) is 11.6. The summed E-state index contributed by atoms with van der Waals surface area (Å²) in [5.74, 6) is -2.58. The monoisotopic (exact) mass is 439 g/mol. The van der Waals surface area contributed by atoms with Crippen molar-refractivity contribution >= 4 is 13.6 Å². The zero-order chi connectivity index (χ0) is 22.6. The van der Waals surface area contributed by atoms with Gasteiger partial charge >= 0.3 is 13.6 Å². The lowest BCUT2D eigenvalue weighted by Gasteiger charge is -2.25. The summed E-state index contributed by atoms with van der Waals surface area (Å²) in [5, 5.41) is 12.4. The van der Waals surface area contributed by atoms with Crippen molar-refractivity contribution in [1.29, 1.82) is 0 Å². The minimum Gasteiger partial charge on any atom is -0.480 e. The first-order chi connectivity index (χ1) is 14.6. The normalized spacial score (nSPS) is 13.5. The van der Waals surface area contributed by atoms with Crippen molar-refractivity contribution in [3.63, 3.8) is 0 Å². The topological polar surface area (TPSA) is 107 Å². The van der Waals surface area contributed by atoms with E-state index in [0.29, 0.717) is 5.56 Å². The molecule has 0 aliphatic heterocycles. The van der Waals surface area contributed by atoms with E-state index in [9.17, 15) is 24.3 Å². The molecule has 31 heavy (non-hydrogen) atoms. The zero-order valence-electron chi connectivity index (χ0n) is 17.4. The molecule has 0 aliphatic rings. The van der Waals surface area contributed by atoms with Crippen LogP contribution in [0.5, 0.6) is 0 Å². The Bertz CT molecular complexity index is 1070. The summed E-state index contributed by atoms with van der Waals surface area (Å²) < 4.78 is 12.2. The predicted molar refractivity (Wildman–Crippen MR) is 121 cm³/mol. The van der Waals surface area contributed by atoms with Crippen molar-refractivity contribution < 1.29 is 24.3 Å². The van der Waals surface area contributed by atoms with Gasteiger partial charge in [0, 0.05) is 0 Å². The molecule has 1 unspecified atom stereocenters. The zero-order valence-corrected chi connectivity index (χ0v) is 18.3. The van der Waals surface area contributed by atoms with Gasteiger partial charge in [0.2, 0.25) is 0 Å². The number of carbonyl (C=O) groups is 1. The SMILES string of the molecule is Cc1cc(C)cc(C(N[C@@H](Cc2ccc(-c3ccccc3)cc2)C(=O)O)P(=O)(O)O)c1. The number of benzene rings is 3. The van der Waals surface area contributed by atoms with Crippen LogP contribution in [0.15, 0.2) is 72.8 Å². The van der Waals surface area contributed by atoms with Crippen LogP contribution in [0, 0.1) is 13.8 Å². The minimum atomic E-state index is -4.66. The lowest BCUT2D eigenvalue weighted by Crippen LogP contribution is -2.40. The second-order valence-corrected chi connectivity index (χ2v) is 9.43. The second-order valence-electron chi connectivity index (χ2n) is 7.74. The molecule has 3 rings (SSSR count). The Hall–Kier alpha value is -2.76. The quantitative estimate of drug-likeness (QED) is 0.387. The third kappa shape index (κ3) is 6.12. The summed E-state index contributed by atoms with van der Waals surface area (Å²) in [5.41, 5.74) is 4.88. The van der Waals surface area contributed by atoms with Crippen molar-refractivity contribution in [2.45, 2.75) is 32.1 Å². The number of rotatable bonds is 8. The largest absolute Gasteiger partial charge is 0.480 e. The van der Waals surface area contributed by atoms with Crippen molar-refractivity contribution in [1.82, 2.24) is 5.32 Å². The molecule has 0 amide bonds. The van der Waals surface area contributed by atoms with E-state index in [-0.39, 0.29) is 6.42 Å². The number of carboxylic acids is 1. The van der Waals surface area contributed by atoms with Crippen LogP contribution in [-0.4, -0.2) is 26.9 Å². The van der Waals surface area contributed by atoms with Crippen molar-refractivity contribution in [3.8, 4) is 11.1 Å². The molecule has 6 nitrogen and oxygen atoms in total. The van der Waals surface area contributed by atoms with Gasteiger partial charge < -0.3 is 14.9 Å². The summed E-state index contributed by atoms with van der Waals surface area (Å²) in [4.78, 5) is 31.8. The molecule has 0 heterocycles. The van der Waals surface area contributed by atoms with E-state index in [1.54, 1.807) is 12.1 Å². The average Bonchev–Trinajstić information content (AvgIpc) is 2.70. The molecular weight excluding hydrogens is 413 g/mol. The summed E-state index contributed by atoms with van der Waals surface area (Å²) in [6.45, 7) is 3.66. The van der Waals surface area contributed by atoms with Gasteiger partial charge in [0.05, 0.1) is 0 Å². The van der Waals surface area contributed by atoms with E-state index < -0.39 is 25.4 Å². The molecule has 0 saturated carbocycles. The molecule has 0 saturated heterocycles. The number of nitrogens with one attached hydrogen (secondary N) is 1. The molecule has 0 spiro atoms. The van der Waals surface area contributed by atoms with E-state index in [2.05, 4.69) is 5.32 Å². The van der Waals surface area contributed by atoms with Gasteiger partial charge in [-0.05, 0) is 42.5 Å². The molecule has 7 heteroatoms. The molecule has 0 radical (unpaired) electrons. The van der Waals surface area contributed by atoms with E-state index in [1.165, 1.54) is 0 Å². The third-order valence-corrected chi connectivity index (χ3v) is 6.17. The maximum Gasteiger partial charge on any atom is 0.346 e. The lowest BCUT2D eigenvalue weighted by atomic mass is 10.0. The van der Waals surface area contributed by atoms with Crippen molar-refractivity contribution in [3.05, 3.63) is 95.1 Å². The fraction of sp³-hybridized carbons (Fsp3) is 0.208. The van der Waals surface area contributed by atoms with Gasteiger partial charge in [-0.3, -0.25) is 14.7 Å². The molecular formula is C24H26NO5P. The molecule has 4 N–H and O–H groups in total. The molecule has 0 aliphatic carbocycles. The molecule has 162 valence electrons. The van der Waals surface area contributed by atoms with Gasteiger partial charge in [0.15, 0.2) is 0 Å². The number of hydrogen-bond donors (Lipinski definition) is 4. The van der Waals surface area contributed by atoms with Crippen LogP contribution >= 0.6 is 7.60 Å². The van der Waals surface area contributed by atoms with Crippen LogP contribution in [0.2, 0.25) is 0 Å². The first-order valence-electron chi connectivity index (χ1n) is 9.90. The fourth-order valence-electron chi connectivity index (χ4n) is 3.66. The van der Waals surface area contributed by atoms with Crippen LogP contribution in [0.25, 0.3) is 11.1 Å². The Balaban J connectivity index is 1.83. The van der Waals surface area contributed by atoms with E-state index >= 15 is 0 Å². The summed E-state index contributed by atoms with van der Waals surface area (Å²) >= 11 is 0. The van der Waals surface area contributed by atoms with Crippen molar-refractivity contribution in [2.24, 2.45) is 0 Å². The molecule has 3 aromatic rings. The Morgan fingerprint density at radius 2 is 1.45 bits per heavy atom. The Morgan fingerprint density at radius 1 is 0.903 bits per heavy atom. The highest BCUT2D eigenvalue weighted by molar-refractivity contribution is 7.52. The van der Waals surface area contributed by atoms with Crippen LogP contribution < -0.4 is 5.32 Å². The Labute approximate surface area is 181 Å². The summed E-state index contributed by atoms with van der Waals surface area (Å²) in [6.07, 6.45) is 0.0890. The average molecular weight is 439 g/mol. The van der Waals surface area contributed by atoms with E-state index in [4.69, 9.17) is 0 Å². The highest BCUT2D eigenvalue weighted by atomic mass is 31.2. The second kappa shape index (κ2) is 9.58. The minimum absolute atomic E-state index is 0.0890. The van der Waals surface area contributed by atoms with Gasteiger partial charge in [-0.15, -0.1) is 0 Å². The van der Waals surface area contributed by atoms with Gasteiger partial charge in [-0.1, -0.05) is 83.9 Å². The van der Waals surface area contributed by atoms with Crippen LogP contribution in [-0.2, 0) is 15.8 Å². The first kappa shape index (κ1) is 22.9. The van der Waals surface area contributed by atoms with Crippen LogP contribution in [0.1, 0.15) is 28.0 Å². The van der Waals surface area contributed by atoms with Crippen molar-refractivity contribution in [2.75, 3.05) is 0 Å². The van der Waals surface area contributed by atoms with Gasteiger partial charge in [-0.25, -0.2) is 0 Å².